The van der Waals surface area contributed by atoms with Crippen LogP contribution in [0.15, 0.2) is 60.1 Å². The highest BCUT2D eigenvalue weighted by Crippen LogP contribution is 2.29. The molecule has 3 N–H and O–H groups in total. The van der Waals surface area contributed by atoms with Crippen LogP contribution in [-0.4, -0.2) is 25.4 Å². The maximum Gasteiger partial charge on any atom is 0.249 e. The number of nitrogens with two attached hydrogens (primary N) is 1. The van der Waals surface area contributed by atoms with E-state index in [0.717, 1.165) is 32.5 Å². The van der Waals surface area contributed by atoms with Crippen molar-refractivity contribution in [2.45, 2.75) is 13.5 Å². The summed E-state index contributed by atoms with van der Waals surface area (Å²) >= 11 is 1.46. The molecule has 2 aromatic carbocycles. The van der Waals surface area contributed by atoms with E-state index in [1.165, 1.54) is 11.3 Å². The normalized spacial score (nSPS) is 11.2. The first kappa shape index (κ1) is 18.3. The van der Waals surface area contributed by atoms with Crippen molar-refractivity contribution in [3.63, 3.8) is 0 Å². The minimum absolute atomic E-state index is 0.457. The number of aromatic nitrogens is 4. The maximum atomic E-state index is 11.9. The van der Waals surface area contributed by atoms with Gasteiger partial charge >= 0.3 is 0 Å². The number of hydrogen-bond donors (Lipinski definition) is 2. The summed E-state index contributed by atoms with van der Waals surface area (Å²) in [7, 11) is 0. The lowest BCUT2D eigenvalue weighted by atomic mass is 10.1. The number of thiazole rings is 1. The van der Waals surface area contributed by atoms with E-state index in [1.54, 1.807) is 11.6 Å². The second-order valence-corrected chi connectivity index (χ2v) is 7.77. The number of anilines is 1. The van der Waals surface area contributed by atoms with Gasteiger partial charge in [-0.25, -0.2) is 4.98 Å². The third-order valence-electron chi connectivity index (χ3n) is 4.98. The highest BCUT2D eigenvalue weighted by molar-refractivity contribution is 7.16. The number of benzene rings is 2. The van der Waals surface area contributed by atoms with Gasteiger partial charge in [-0.3, -0.25) is 9.36 Å². The van der Waals surface area contributed by atoms with Gasteiger partial charge in [-0.15, -0.1) is 11.3 Å². The Morgan fingerprint density at radius 1 is 1.13 bits per heavy atom. The third kappa shape index (κ3) is 3.07. The number of carbonyl (C=O) groups is 1. The molecule has 0 saturated carbocycles. The van der Waals surface area contributed by atoms with Gasteiger partial charge in [0.15, 0.2) is 10.6 Å². The second-order valence-electron chi connectivity index (χ2n) is 6.94. The minimum atomic E-state index is -0.457. The van der Waals surface area contributed by atoms with Gasteiger partial charge in [0.05, 0.1) is 11.0 Å². The van der Waals surface area contributed by atoms with Crippen LogP contribution in [0.3, 0.4) is 0 Å². The molecule has 3 heterocycles. The van der Waals surface area contributed by atoms with Crippen molar-refractivity contribution >= 4 is 44.3 Å². The van der Waals surface area contributed by atoms with Gasteiger partial charge < -0.3 is 11.1 Å². The van der Waals surface area contributed by atoms with Crippen molar-refractivity contribution in [3.8, 4) is 5.95 Å². The van der Waals surface area contributed by atoms with Crippen LogP contribution < -0.4 is 11.1 Å². The number of nitrogens with zero attached hydrogens (tertiary/aromatic N) is 4. The summed E-state index contributed by atoms with van der Waals surface area (Å²) in [6, 6.07) is 17.5. The molecule has 0 fully saturated rings. The highest BCUT2D eigenvalue weighted by atomic mass is 32.1. The Kier molecular flexibility index (Phi) is 4.40. The SMILES string of the molecule is Cc1cc2c(C(N)=O)cccc2n1-c1nc(NCc2ccccc2)c2ncsc2n1. The molecule has 5 aromatic rings. The molecular weight excluding hydrogens is 396 g/mol. The standard InChI is InChI=1S/C22H18N6OS/c1-13-10-16-15(19(23)29)8-5-9-17(16)28(13)22-26-20(18-21(27-22)30-12-25-18)24-11-14-6-3-2-4-7-14/h2-10,12H,11H2,1H3,(H2,23,29)(H,24,26,27). The molecule has 0 saturated heterocycles. The summed E-state index contributed by atoms with van der Waals surface area (Å²) in [6.45, 7) is 2.59. The molecule has 148 valence electrons. The van der Waals surface area contributed by atoms with E-state index in [0.29, 0.717) is 23.9 Å². The molecule has 0 aliphatic heterocycles. The molecule has 0 aliphatic rings. The Hall–Kier alpha value is -3.78. The molecule has 7 nitrogen and oxygen atoms in total. The van der Waals surface area contributed by atoms with Crippen LogP contribution in [0.25, 0.3) is 27.2 Å². The Morgan fingerprint density at radius 2 is 1.97 bits per heavy atom. The zero-order chi connectivity index (χ0) is 20.7. The first-order valence-corrected chi connectivity index (χ1v) is 10.3. The summed E-state index contributed by atoms with van der Waals surface area (Å²) in [4.78, 5) is 26.6. The summed E-state index contributed by atoms with van der Waals surface area (Å²) in [6.07, 6.45) is 0. The van der Waals surface area contributed by atoms with E-state index in [-0.39, 0.29) is 0 Å². The number of nitrogens with one attached hydrogen (secondary N) is 1. The zero-order valence-corrected chi connectivity index (χ0v) is 17.0. The molecule has 0 unspecified atom stereocenters. The fourth-order valence-electron chi connectivity index (χ4n) is 3.60. The van der Waals surface area contributed by atoms with Gasteiger partial charge in [-0.05, 0) is 30.7 Å². The second kappa shape index (κ2) is 7.23. The lowest BCUT2D eigenvalue weighted by Gasteiger charge is -2.11. The van der Waals surface area contributed by atoms with Crippen LogP contribution >= 0.6 is 11.3 Å². The predicted molar refractivity (Wildman–Crippen MR) is 119 cm³/mol. The van der Waals surface area contributed by atoms with Gasteiger partial charge in [-0.1, -0.05) is 36.4 Å². The summed E-state index contributed by atoms with van der Waals surface area (Å²) in [5, 5.41) is 4.18. The van der Waals surface area contributed by atoms with Crippen LogP contribution in [-0.2, 0) is 6.54 Å². The van der Waals surface area contributed by atoms with Crippen molar-refractivity contribution < 1.29 is 4.79 Å². The summed E-state index contributed by atoms with van der Waals surface area (Å²) in [5.41, 5.74) is 11.4. The Morgan fingerprint density at radius 3 is 2.77 bits per heavy atom. The molecule has 3 aromatic heterocycles. The summed E-state index contributed by atoms with van der Waals surface area (Å²) < 4.78 is 1.94. The largest absolute Gasteiger partial charge is 0.366 e. The molecule has 1 amide bonds. The first-order valence-electron chi connectivity index (χ1n) is 9.42. The molecule has 30 heavy (non-hydrogen) atoms. The fourth-order valence-corrected chi connectivity index (χ4v) is 4.25. The quantitative estimate of drug-likeness (QED) is 0.452. The highest BCUT2D eigenvalue weighted by Gasteiger charge is 2.17. The predicted octanol–water partition coefficient (Wildman–Crippen LogP) is 4.05. The van der Waals surface area contributed by atoms with E-state index in [2.05, 4.69) is 22.4 Å². The van der Waals surface area contributed by atoms with Gasteiger partial charge in [-0.2, -0.15) is 9.97 Å². The molecular formula is C22H18N6OS. The van der Waals surface area contributed by atoms with Gasteiger partial charge in [0.25, 0.3) is 0 Å². The number of hydrogen-bond acceptors (Lipinski definition) is 6. The lowest BCUT2D eigenvalue weighted by Crippen LogP contribution is -2.11. The number of rotatable bonds is 5. The van der Waals surface area contributed by atoms with E-state index in [4.69, 9.17) is 15.7 Å². The minimum Gasteiger partial charge on any atom is -0.366 e. The number of primary amides is 1. The molecule has 0 bridgehead atoms. The van der Waals surface area contributed by atoms with Crippen LogP contribution in [0.5, 0.6) is 0 Å². The van der Waals surface area contributed by atoms with Crippen molar-refractivity contribution in [1.29, 1.82) is 0 Å². The van der Waals surface area contributed by atoms with E-state index in [1.807, 2.05) is 47.9 Å². The smallest absolute Gasteiger partial charge is 0.249 e. The molecule has 0 aliphatic carbocycles. The van der Waals surface area contributed by atoms with Gasteiger partial charge in [0.2, 0.25) is 11.9 Å². The lowest BCUT2D eigenvalue weighted by molar-refractivity contribution is 0.100. The molecule has 8 heteroatoms. The third-order valence-corrected chi connectivity index (χ3v) is 5.70. The zero-order valence-electron chi connectivity index (χ0n) is 16.2. The average molecular weight is 414 g/mol. The van der Waals surface area contributed by atoms with E-state index >= 15 is 0 Å². The van der Waals surface area contributed by atoms with Gasteiger partial charge in [0, 0.05) is 23.2 Å². The molecule has 5 rings (SSSR count). The number of aryl methyl sites for hydroxylation is 1. The van der Waals surface area contributed by atoms with Crippen molar-refractivity contribution in [2.75, 3.05) is 5.32 Å². The van der Waals surface area contributed by atoms with Crippen LogP contribution in [0.2, 0.25) is 0 Å². The Labute approximate surface area is 176 Å². The van der Waals surface area contributed by atoms with E-state index < -0.39 is 5.91 Å². The van der Waals surface area contributed by atoms with Crippen LogP contribution in [0, 0.1) is 6.92 Å². The maximum absolute atomic E-state index is 11.9. The Balaban J connectivity index is 1.64. The fraction of sp³-hybridized carbons (Fsp3) is 0.0909. The average Bonchev–Trinajstić information content (AvgIpc) is 3.35. The van der Waals surface area contributed by atoms with Crippen LogP contribution in [0.4, 0.5) is 5.82 Å². The summed E-state index contributed by atoms with van der Waals surface area (Å²) in [5.74, 6) is 0.741. The number of carbonyl (C=O) groups excluding carboxylic acids is 1. The molecule has 0 spiro atoms. The molecule has 0 atom stereocenters. The monoisotopic (exact) mass is 414 g/mol. The van der Waals surface area contributed by atoms with Crippen molar-refractivity contribution in [2.24, 2.45) is 5.73 Å². The topological polar surface area (TPSA) is 98.7 Å². The first-order chi connectivity index (χ1) is 14.6. The molecule has 0 radical (unpaired) electrons. The number of fused-ring (bicyclic) bond motifs is 2. The van der Waals surface area contributed by atoms with Crippen molar-refractivity contribution in [3.05, 3.63) is 76.9 Å². The Bertz CT molecular complexity index is 1390. The van der Waals surface area contributed by atoms with E-state index in [9.17, 15) is 4.79 Å². The van der Waals surface area contributed by atoms with Gasteiger partial charge in [0.1, 0.15) is 5.52 Å². The number of amides is 1. The van der Waals surface area contributed by atoms with Crippen molar-refractivity contribution in [1.82, 2.24) is 19.5 Å². The van der Waals surface area contributed by atoms with Crippen LogP contribution in [0.1, 0.15) is 21.6 Å².